The van der Waals surface area contributed by atoms with Crippen molar-refractivity contribution in [3.63, 3.8) is 0 Å². The van der Waals surface area contributed by atoms with Crippen molar-refractivity contribution in [2.75, 3.05) is 11.4 Å². The van der Waals surface area contributed by atoms with E-state index in [2.05, 4.69) is 4.98 Å². The second kappa shape index (κ2) is 3.83. The fourth-order valence-electron chi connectivity index (χ4n) is 2.10. The van der Waals surface area contributed by atoms with Crippen molar-refractivity contribution >= 4 is 28.9 Å². The van der Waals surface area contributed by atoms with Gasteiger partial charge in [-0.2, -0.15) is 4.98 Å². The summed E-state index contributed by atoms with van der Waals surface area (Å²) in [7, 11) is 0. The number of oxazole rings is 1. The Morgan fingerprint density at radius 3 is 2.94 bits per heavy atom. The number of nitrogens with two attached hydrogens (primary N) is 1. The van der Waals surface area contributed by atoms with Crippen molar-refractivity contribution in [2.24, 2.45) is 5.73 Å². The number of hydrogen-bond acceptors (Lipinski definition) is 4. The molecule has 3 rings (SSSR count). The van der Waals surface area contributed by atoms with Gasteiger partial charge in [-0.3, -0.25) is 14.5 Å². The third-order valence-corrected chi connectivity index (χ3v) is 2.98. The molecule has 2 aromatic rings. The predicted octanol–water partition coefficient (Wildman–Crippen LogP) is 1.05. The van der Waals surface area contributed by atoms with E-state index in [1.165, 1.54) is 4.90 Å². The highest BCUT2D eigenvalue weighted by molar-refractivity contribution is 6.04. The van der Waals surface area contributed by atoms with Gasteiger partial charge in [0.15, 0.2) is 5.58 Å². The normalized spacial score (nSPS) is 15.6. The van der Waals surface area contributed by atoms with Gasteiger partial charge in [0.25, 0.3) is 5.91 Å². The van der Waals surface area contributed by atoms with Crippen LogP contribution in [0.2, 0.25) is 0 Å². The van der Waals surface area contributed by atoms with Crippen molar-refractivity contribution in [3.8, 4) is 0 Å². The number of para-hydroxylation sites is 1. The fraction of sp³-hybridized carbons (Fsp3) is 0.250. The molecular formula is C12H11N3O3. The molecule has 0 spiro atoms. The minimum atomic E-state index is -0.562. The van der Waals surface area contributed by atoms with Gasteiger partial charge in [0.2, 0.25) is 5.91 Å². The van der Waals surface area contributed by atoms with Gasteiger partial charge in [-0.05, 0) is 18.6 Å². The Morgan fingerprint density at radius 1 is 1.44 bits per heavy atom. The van der Waals surface area contributed by atoms with Crippen molar-refractivity contribution in [1.82, 2.24) is 4.98 Å². The van der Waals surface area contributed by atoms with Crippen molar-refractivity contribution in [3.05, 3.63) is 23.8 Å². The van der Waals surface area contributed by atoms with Crippen LogP contribution in [-0.2, 0) is 4.79 Å². The van der Waals surface area contributed by atoms with Crippen LogP contribution in [-0.4, -0.2) is 23.3 Å². The molecule has 0 unspecified atom stereocenters. The molecule has 1 aliphatic rings. The van der Waals surface area contributed by atoms with E-state index in [0.29, 0.717) is 29.6 Å². The number of benzene rings is 1. The van der Waals surface area contributed by atoms with Crippen LogP contribution in [0.1, 0.15) is 23.2 Å². The maximum atomic E-state index is 11.6. The Morgan fingerprint density at radius 2 is 2.28 bits per heavy atom. The number of amides is 2. The lowest BCUT2D eigenvalue weighted by atomic mass is 10.2. The first-order valence-corrected chi connectivity index (χ1v) is 5.66. The third kappa shape index (κ3) is 1.54. The van der Waals surface area contributed by atoms with Gasteiger partial charge in [-0.25, -0.2) is 0 Å². The number of aromatic nitrogens is 1. The van der Waals surface area contributed by atoms with Gasteiger partial charge in [0.05, 0.1) is 5.56 Å². The van der Waals surface area contributed by atoms with Gasteiger partial charge >= 0.3 is 6.01 Å². The number of carbonyl (C=O) groups is 2. The van der Waals surface area contributed by atoms with Crippen molar-refractivity contribution < 1.29 is 14.0 Å². The summed E-state index contributed by atoms with van der Waals surface area (Å²) in [5, 5.41) is 0. The van der Waals surface area contributed by atoms with E-state index >= 15 is 0 Å². The summed E-state index contributed by atoms with van der Waals surface area (Å²) in [5.41, 5.74) is 6.43. The first kappa shape index (κ1) is 10.8. The number of nitrogens with zero attached hydrogens (tertiary/aromatic N) is 2. The molecule has 1 aliphatic heterocycles. The zero-order valence-corrected chi connectivity index (χ0v) is 9.55. The van der Waals surface area contributed by atoms with Crippen LogP contribution in [0.5, 0.6) is 0 Å². The smallest absolute Gasteiger partial charge is 0.305 e. The fourth-order valence-corrected chi connectivity index (χ4v) is 2.10. The molecule has 1 saturated heterocycles. The molecule has 18 heavy (non-hydrogen) atoms. The highest BCUT2D eigenvalue weighted by Crippen LogP contribution is 2.27. The number of primary amides is 1. The van der Waals surface area contributed by atoms with E-state index in [4.69, 9.17) is 10.2 Å². The monoisotopic (exact) mass is 245 g/mol. The summed E-state index contributed by atoms with van der Waals surface area (Å²) in [6, 6.07) is 5.19. The summed E-state index contributed by atoms with van der Waals surface area (Å²) < 4.78 is 5.50. The Labute approximate surface area is 102 Å². The molecule has 0 radical (unpaired) electrons. The van der Waals surface area contributed by atoms with Gasteiger partial charge in [0.1, 0.15) is 5.52 Å². The molecule has 2 heterocycles. The molecular weight excluding hydrogens is 234 g/mol. The highest BCUT2D eigenvalue weighted by atomic mass is 16.4. The average Bonchev–Trinajstić information content (AvgIpc) is 2.92. The maximum Gasteiger partial charge on any atom is 0.305 e. The largest absolute Gasteiger partial charge is 0.423 e. The predicted molar refractivity (Wildman–Crippen MR) is 64.1 cm³/mol. The van der Waals surface area contributed by atoms with Crippen LogP contribution in [0.3, 0.4) is 0 Å². The number of hydrogen-bond donors (Lipinski definition) is 1. The lowest BCUT2D eigenvalue weighted by molar-refractivity contribution is -0.117. The van der Waals surface area contributed by atoms with E-state index in [1.807, 2.05) is 0 Å². The van der Waals surface area contributed by atoms with E-state index in [1.54, 1.807) is 18.2 Å². The Hall–Kier alpha value is -2.37. The van der Waals surface area contributed by atoms with Gasteiger partial charge in [0, 0.05) is 13.0 Å². The second-order valence-corrected chi connectivity index (χ2v) is 4.16. The molecule has 0 saturated carbocycles. The number of rotatable bonds is 2. The summed E-state index contributed by atoms with van der Waals surface area (Å²) in [5.74, 6) is -0.574. The number of carbonyl (C=O) groups excluding carboxylic acids is 2. The molecule has 1 fully saturated rings. The SMILES string of the molecule is NC(=O)c1cccc2oc(N3CCCC3=O)nc12. The summed E-state index contributed by atoms with van der Waals surface area (Å²) in [4.78, 5) is 28.6. The quantitative estimate of drug-likeness (QED) is 0.856. The van der Waals surface area contributed by atoms with Gasteiger partial charge < -0.3 is 10.2 Å². The van der Waals surface area contributed by atoms with Gasteiger partial charge in [-0.15, -0.1) is 0 Å². The van der Waals surface area contributed by atoms with E-state index in [-0.39, 0.29) is 11.9 Å². The minimum Gasteiger partial charge on any atom is -0.423 e. The Kier molecular flexibility index (Phi) is 2.29. The number of anilines is 1. The maximum absolute atomic E-state index is 11.6. The van der Waals surface area contributed by atoms with E-state index < -0.39 is 5.91 Å². The highest BCUT2D eigenvalue weighted by Gasteiger charge is 2.26. The first-order chi connectivity index (χ1) is 8.66. The molecule has 1 aromatic heterocycles. The standard InChI is InChI=1S/C12H11N3O3/c13-11(17)7-3-1-4-8-10(7)14-12(18-8)15-6-2-5-9(15)16/h1,3-4H,2,5-6H2,(H2,13,17). The molecule has 6 heteroatoms. The van der Waals surface area contributed by atoms with Crippen molar-refractivity contribution in [2.45, 2.75) is 12.8 Å². The molecule has 0 atom stereocenters. The molecule has 2 N–H and O–H groups in total. The minimum absolute atomic E-state index is 0.0119. The second-order valence-electron chi connectivity index (χ2n) is 4.16. The van der Waals surface area contributed by atoms with E-state index in [9.17, 15) is 9.59 Å². The molecule has 0 aliphatic carbocycles. The van der Waals surface area contributed by atoms with Crippen LogP contribution in [0.15, 0.2) is 22.6 Å². The average molecular weight is 245 g/mol. The molecule has 2 amide bonds. The Balaban J connectivity index is 2.13. The topological polar surface area (TPSA) is 89.4 Å². The first-order valence-electron chi connectivity index (χ1n) is 5.66. The van der Waals surface area contributed by atoms with Crippen LogP contribution in [0.25, 0.3) is 11.1 Å². The summed E-state index contributed by atoms with van der Waals surface area (Å²) in [6.45, 7) is 0.595. The molecule has 1 aromatic carbocycles. The van der Waals surface area contributed by atoms with Crippen LogP contribution in [0, 0.1) is 0 Å². The summed E-state index contributed by atoms with van der Waals surface area (Å²) >= 11 is 0. The molecule has 92 valence electrons. The lowest BCUT2D eigenvalue weighted by Gasteiger charge is -2.08. The van der Waals surface area contributed by atoms with Crippen molar-refractivity contribution in [1.29, 1.82) is 0 Å². The Bertz CT molecular complexity index is 647. The van der Waals surface area contributed by atoms with Crippen LogP contribution >= 0.6 is 0 Å². The summed E-state index contributed by atoms with van der Waals surface area (Å²) in [6.07, 6.45) is 1.29. The zero-order valence-electron chi connectivity index (χ0n) is 9.55. The van der Waals surface area contributed by atoms with Crippen LogP contribution < -0.4 is 10.6 Å². The van der Waals surface area contributed by atoms with E-state index in [0.717, 1.165) is 6.42 Å². The van der Waals surface area contributed by atoms with Crippen LogP contribution in [0.4, 0.5) is 6.01 Å². The number of fused-ring (bicyclic) bond motifs is 1. The third-order valence-electron chi connectivity index (χ3n) is 2.98. The molecule has 0 bridgehead atoms. The zero-order chi connectivity index (χ0) is 12.7. The lowest BCUT2D eigenvalue weighted by Crippen LogP contribution is -2.23. The van der Waals surface area contributed by atoms with Gasteiger partial charge in [-0.1, -0.05) is 6.07 Å². The molecule has 6 nitrogen and oxygen atoms in total.